The summed E-state index contributed by atoms with van der Waals surface area (Å²) in [7, 11) is 1.93. The van der Waals surface area contributed by atoms with Gasteiger partial charge in [0, 0.05) is 31.2 Å². The largest absolute Gasteiger partial charge is 0.359 e. The molecule has 0 saturated carbocycles. The molecule has 1 aromatic heterocycles. The van der Waals surface area contributed by atoms with Crippen LogP contribution in [-0.4, -0.2) is 28.1 Å². The fraction of sp³-hybridized carbons (Fsp3) is 0.667. The van der Waals surface area contributed by atoms with E-state index in [1.807, 2.05) is 25.0 Å². The second-order valence-electron chi connectivity index (χ2n) is 3.28. The molecule has 0 aliphatic carbocycles. The highest BCUT2D eigenvalue weighted by atomic mass is 32.2. The maximum absolute atomic E-state index is 4.25. The minimum atomic E-state index is 0.642. The second-order valence-corrected chi connectivity index (χ2v) is 4.43. The first-order valence-electron chi connectivity index (χ1n) is 4.70. The maximum Gasteiger partial charge on any atom is 0.202 e. The number of nitrogens with zero attached hydrogens (tertiary/aromatic N) is 2. The van der Waals surface area contributed by atoms with Crippen LogP contribution in [0.25, 0.3) is 0 Å². The van der Waals surface area contributed by atoms with E-state index in [0.717, 1.165) is 5.95 Å². The topological polar surface area (TPSA) is 29.9 Å². The molecule has 1 fully saturated rings. The summed E-state index contributed by atoms with van der Waals surface area (Å²) in [5, 5.41) is 3.12. The van der Waals surface area contributed by atoms with E-state index in [4.69, 9.17) is 0 Å². The molecule has 1 saturated heterocycles. The van der Waals surface area contributed by atoms with E-state index < -0.39 is 0 Å². The second kappa shape index (κ2) is 4.05. The summed E-state index contributed by atoms with van der Waals surface area (Å²) in [5.41, 5.74) is 0. The van der Waals surface area contributed by atoms with Crippen LogP contribution in [0.15, 0.2) is 12.4 Å². The molecule has 1 N–H and O–H groups in total. The molecule has 0 spiro atoms. The number of rotatable bonds is 2. The zero-order chi connectivity index (χ0) is 9.10. The molecular weight excluding hydrogens is 182 g/mol. The van der Waals surface area contributed by atoms with E-state index >= 15 is 0 Å². The number of anilines is 1. The molecule has 0 amide bonds. The van der Waals surface area contributed by atoms with Gasteiger partial charge in [0.25, 0.3) is 0 Å². The summed E-state index contributed by atoms with van der Waals surface area (Å²) in [6, 6.07) is 0.642. The third-order valence-electron chi connectivity index (χ3n) is 2.42. The first kappa shape index (κ1) is 8.94. The zero-order valence-corrected chi connectivity index (χ0v) is 8.68. The first-order valence-corrected chi connectivity index (χ1v) is 5.85. The molecule has 1 unspecified atom stereocenters. The molecule has 1 aliphatic heterocycles. The predicted octanol–water partition coefficient (Wildman–Crippen LogP) is 1.99. The highest BCUT2D eigenvalue weighted by Gasteiger charge is 2.17. The molecule has 2 heterocycles. The van der Waals surface area contributed by atoms with Crippen LogP contribution in [0.4, 0.5) is 5.95 Å². The van der Waals surface area contributed by atoms with Crippen LogP contribution in [0.5, 0.6) is 0 Å². The number of thioether (sulfide) groups is 1. The van der Waals surface area contributed by atoms with Gasteiger partial charge < -0.3 is 9.88 Å². The molecule has 0 radical (unpaired) electrons. The molecule has 4 heteroatoms. The Bertz CT molecular complexity index is 266. The number of hydrogen-bond donors (Lipinski definition) is 1. The molecule has 1 atom stereocenters. The van der Waals surface area contributed by atoms with Crippen molar-refractivity contribution in [2.45, 2.75) is 18.9 Å². The van der Waals surface area contributed by atoms with Gasteiger partial charge in [0.1, 0.15) is 0 Å². The van der Waals surface area contributed by atoms with Crippen molar-refractivity contribution < 1.29 is 0 Å². The molecule has 1 aliphatic rings. The lowest BCUT2D eigenvalue weighted by Gasteiger charge is -2.23. The lowest BCUT2D eigenvalue weighted by Crippen LogP contribution is -2.17. The van der Waals surface area contributed by atoms with Gasteiger partial charge in [-0.15, -0.1) is 0 Å². The standard InChI is InChI=1S/C9H15N3S/c1-10-9-11-4-5-12(9)8-3-2-6-13-7-8/h4-5,8H,2-3,6-7H2,1H3,(H,10,11). The van der Waals surface area contributed by atoms with E-state index in [1.54, 1.807) is 0 Å². The molecule has 0 bridgehead atoms. The average Bonchev–Trinajstić information content (AvgIpc) is 2.67. The lowest BCUT2D eigenvalue weighted by atomic mass is 10.2. The van der Waals surface area contributed by atoms with Crippen LogP contribution in [0.1, 0.15) is 18.9 Å². The van der Waals surface area contributed by atoms with E-state index in [9.17, 15) is 0 Å². The van der Waals surface area contributed by atoms with Gasteiger partial charge in [-0.3, -0.25) is 0 Å². The Balaban J connectivity index is 2.13. The highest BCUT2D eigenvalue weighted by molar-refractivity contribution is 7.99. The van der Waals surface area contributed by atoms with Crippen LogP contribution in [0.2, 0.25) is 0 Å². The number of nitrogens with one attached hydrogen (secondary N) is 1. The summed E-state index contributed by atoms with van der Waals surface area (Å²) in [6.45, 7) is 0. The van der Waals surface area contributed by atoms with Gasteiger partial charge >= 0.3 is 0 Å². The Morgan fingerprint density at radius 3 is 3.31 bits per heavy atom. The van der Waals surface area contributed by atoms with Crippen LogP contribution >= 0.6 is 11.8 Å². The lowest BCUT2D eigenvalue weighted by molar-refractivity contribution is 0.504. The maximum atomic E-state index is 4.25. The van der Waals surface area contributed by atoms with Crippen molar-refractivity contribution >= 4 is 17.7 Å². The Labute approximate surface area is 82.9 Å². The minimum Gasteiger partial charge on any atom is -0.359 e. The van der Waals surface area contributed by atoms with Gasteiger partial charge in [-0.05, 0) is 18.6 Å². The van der Waals surface area contributed by atoms with Crippen molar-refractivity contribution in [3.8, 4) is 0 Å². The Hall–Kier alpha value is -0.640. The van der Waals surface area contributed by atoms with Crippen LogP contribution in [0, 0.1) is 0 Å². The van der Waals surface area contributed by atoms with E-state index in [2.05, 4.69) is 21.1 Å². The number of imidazole rings is 1. The minimum absolute atomic E-state index is 0.642. The van der Waals surface area contributed by atoms with Crippen molar-refractivity contribution in [1.29, 1.82) is 0 Å². The van der Waals surface area contributed by atoms with Crippen molar-refractivity contribution in [2.24, 2.45) is 0 Å². The van der Waals surface area contributed by atoms with Crippen molar-refractivity contribution in [3.05, 3.63) is 12.4 Å². The monoisotopic (exact) mass is 197 g/mol. The van der Waals surface area contributed by atoms with Crippen molar-refractivity contribution in [3.63, 3.8) is 0 Å². The van der Waals surface area contributed by atoms with E-state index in [0.29, 0.717) is 6.04 Å². The molecule has 13 heavy (non-hydrogen) atoms. The van der Waals surface area contributed by atoms with Crippen LogP contribution in [0.3, 0.4) is 0 Å². The van der Waals surface area contributed by atoms with Crippen LogP contribution < -0.4 is 5.32 Å². The highest BCUT2D eigenvalue weighted by Crippen LogP contribution is 2.28. The van der Waals surface area contributed by atoms with Gasteiger partial charge in [0.05, 0.1) is 0 Å². The van der Waals surface area contributed by atoms with E-state index in [-0.39, 0.29) is 0 Å². The summed E-state index contributed by atoms with van der Waals surface area (Å²) in [4.78, 5) is 4.25. The summed E-state index contributed by atoms with van der Waals surface area (Å²) in [6.07, 6.45) is 6.56. The molecule has 2 rings (SSSR count). The average molecular weight is 197 g/mol. The number of hydrogen-bond acceptors (Lipinski definition) is 3. The van der Waals surface area contributed by atoms with Crippen LogP contribution in [-0.2, 0) is 0 Å². The SMILES string of the molecule is CNc1nccn1C1CCCSC1. The fourth-order valence-electron chi connectivity index (χ4n) is 1.74. The van der Waals surface area contributed by atoms with E-state index in [1.165, 1.54) is 24.3 Å². The molecule has 1 aromatic rings. The Kier molecular flexibility index (Phi) is 2.78. The van der Waals surface area contributed by atoms with Gasteiger partial charge in [0.2, 0.25) is 5.95 Å². The predicted molar refractivity (Wildman–Crippen MR) is 57.4 cm³/mol. The normalized spacial score (nSPS) is 23.0. The van der Waals surface area contributed by atoms with Gasteiger partial charge in [-0.2, -0.15) is 11.8 Å². The smallest absolute Gasteiger partial charge is 0.202 e. The first-order chi connectivity index (χ1) is 6.42. The molecular formula is C9H15N3S. The quantitative estimate of drug-likeness (QED) is 0.786. The molecule has 0 aromatic carbocycles. The summed E-state index contributed by atoms with van der Waals surface area (Å²) < 4.78 is 2.26. The fourth-order valence-corrected chi connectivity index (χ4v) is 2.88. The summed E-state index contributed by atoms with van der Waals surface area (Å²) in [5.74, 6) is 3.54. The molecule has 72 valence electrons. The van der Waals surface area contributed by atoms with Crippen molar-refractivity contribution in [2.75, 3.05) is 23.9 Å². The number of aromatic nitrogens is 2. The van der Waals surface area contributed by atoms with Gasteiger partial charge in [-0.1, -0.05) is 0 Å². The third kappa shape index (κ3) is 1.82. The molecule has 3 nitrogen and oxygen atoms in total. The van der Waals surface area contributed by atoms with Gasteiger partial charge in [0.15, 0.2) is 0 Å². The zero-order valence-electron chi connectivity index (χ0n) is 7.86. The third-order valence-corrected chi connectivity index (χ3v) is 3.62. The summed E-state index contributed by atoms with van der Waals surface area (Å²) >= 11 is 2.04. The Morgan fingerprint density at radius 1 is 1.69 bits per heavy atom. The Morgan fingerprint density at radius 2 is 2.62 bits per heavy atom. The van der Waals surface area contributed by atoms with Crippen molar-refractivity contribution in [1.82, 2.24) is 9.55 Å². The van der Waals surface area contributed by atoms with Gasteiger partial charge in [-0.25, -0.2) is 4.98 Å².